The predicted octanol–water partition coefficient (Wildman–Crippen LogP) is 3.93. The van der Waals surface area contributed by atoms with E-state index in [1.165, 1.54) is 25.0 Å². The van der Waals surface area contributed by atoms with E-state index in [2.05, 4.69) is 0 Å². The zero-order chi connectivity index (χ0) is 10.9. The smallest absolute Gasteiger partial charge is 0.311 e. The first-order valence-corrected chi connectivity index (χ1v) is 8.17. The third kappa shape index (κ3) is 1.99. The van der Waals surface area contributed by atoms with Gasteiger partial charge in [-0.2, -0.15) is 0 Å². The quantitative estimate of drug-likeness (QED) is 0.609. The molecule has 0 saturated carbocycles. The van der Waals surface area contributed by atoms with Gasteiger partial charge < -0.3 is 9.05 Å². The second-order valence-electron chi connectivity index (χ2n) is 2.97. The van der Waals surface area contributed by atoms with Crippen molar-refractivity contribution in [3.8, 4) is 0 Å². The number of benzene rings is 1. The summed E-state index contributed by atoms with van der Waals surface area (Å²) in [4.78, 5) is 0.926. The maximum Gasteiger partial charge on any atom is 0.348 e. The van der Waals surface area contributed by atoms with Crippen molar-refractivity contribution in [1.82, 2.24) is 0 Å². The molecule has 0 aromatic heterocycles. The fraction of sp³-hybridized carbons (Fsp3) is 0.333. The van der Waals surface area contributed by atoms with Gasteiger partial charge in [0, 0.05) is 19.1 Å². The Kier molecular flexibility index (Phi) is 3.48. The molecule has 0 amide bonds. The van der Waals surface area contributed by atoms with Crippen LogP contribution in [0.4, 0.5) is 0 Å². The van der Waals surface area contributed by atoms with Crippen molar-refractivity contribution in [1.29, 1.82) is 0 Å². The monoisotopic (exact) mass is 262 g/mol. The van der Waals surface area contributed by atoms with Gasteiger partial charge in [0.15, 0.2) is 0 Å². The normalized spacial score (nSPS) is 20.3. The molecule has 82 valence electrons. The van der Waals surface area contributed by atoms with Gasteiger partial charge >= 0.3 is 7.60 Å². The summed E-state index contributed by atoms with van der Waals surface area (Å²) >= 11 is 0. The minimum Gasteiger partial charge on any atom is -0.311 e. The van der Waals surface area contributed by atoms with Crippen molar-refractivity contribution in [3.05, 3.63) is 29.8 Å². The van der Waals surface area contributed by atoms with E-state index in [9.17, 15) is 4.57 Å². The van der Waals surface area contributed by atoms with E-state index in [0.29, 0.717) is 0 Å². The molecule has 0 radical (unpaired) electrons. The molecular weight excluding hydrogens is 251 g/mol. The summed E-state index contributed by atoms with van der Waals surface area (Å²) in [6, 6.07) is 7.90. The van der Waals surface area contributed by atoms with Gasteiger partial charge in [-0.1, -0.05) is 39.8 Å². The first kappa shape index (κ1) is 11.6. The zero-order valence-electron chi connectivity index (χ0n) is 8.38. The average molecular weight is 262 g/mol. The molecule has 0 N–H and O–H groups in total. The van der Waals surface area contributed by atoms with Crippen LogP contribution in [0, 0.1) is 0 Å². The Morgan fingerprint density at radius 1 is 1.27 bits per heavy atom. The van der Waals surface area contributed by atoms with Crippen molar-refractivity contribution in [3.63, 3.8) is 0 Å². The summed E-state index contributed by atoms with van der Waals surface area (Å²) in [5.74, 6) is 0. The second kappa shape index (κ2) is 4.52. The van der Waals surface area contributed by atoms with Crippen molar-refractivity contribution in [2.75, 3.05) is 14.2 Å². The minimum atomic E-state index is -3.02. The minimum absolute atomic E-state index is 0.214. The molecule has 0 aliphatic carbocycles. The maximum absolute atomic E-state index is 12.2. The lowest BCUT2D eigenvalue weighted by atomic mass is 10.2. The largest absolute Gasteiger partial charge is 0.348 e. The van der Waals surface area contributed by atoms with Crippen molar-refractivity contribution >= 4 is 29.2 Å². The lowest BCUT2D eigenvalue weighted by Crippen LogP contribution is -1.97. The van der Waals surface area contributed by atoms with Gasteiger partial charge in [-0.05, 0) is 11.6 Å². The summed E-state index contributed by atoms with van der Waals surface area (Å²) in [6.45, 7) is 0. The van der Waals surface area contributed by atoms with Crippen LogP contribution in [0.1, 0.15) is 10.6 Å². The lowest BCUT2D eigenvalue weighted by molar-refractivity contribution is 0.274. The van der Waals surface area contributed by atoms with E-state index < -0.39 is 7.60 Å². The molecule has 3 nitrogen and oxygen atoms in total. The fourth-order valence-corrected chi connectivity index (χ4v) is 7.20. The highest BCUT2D eigenvalue weighted by Gasteiger charge is 2.41. The van der Waals surface area contributed by atoms with Crippen LogP contribution >= 0.6 is 29.2 Å². The fourth-order valence-electron chi connectivity index (χ4n) is 1.40. The Balaban J connectivity index is 2.39. The van der Waals surface area contributed by atoms with E-state index >= 15 is 0 Å². The molecule has 15 heavy (non-hydrogen) atoms. The summed E-state index contributed by atoms with van der Waals surface area (Å²) in [7, 11) is 2.98. The van der Waals surface area contributed by atoms with Gasteiger partial charge in [0.25, 0.3) is 0 Å². The Hall–Kier alpha value is 0.0700. The van der Waals surface area contributed by atoms with E-state index in [1.54, 1.807) is 10.8 Å². The van der Waals surface area contributed by atoms with Crippen LogP contribution in [-0.2, 0) is 13.6 Å². The Morgan fingerprint density at radius 3 is 2.60 bits per heavy atom. The molecule has 0 spiro atoms. The van der Waals surface area contributed by atoms with Gasteiger partial charge in [0.1, 0.15) is 4.99 Å². The third-order valence-electron chi connectivity index (χ3n) is 2.21. The van der Waals surface area contributed by atoms with E-state index in [4.69, 9.17) is 9.05 Å². The molecule has 1 aromatic carbocycles. The van der Waals surface area contributed by atoms with Crippen molar-refractivity contribution in [2.45, 2.75) is 9.89 Å². The summed E-state index contributed by atoms with van der Waals surface area (Å²) in [5, 5.41) is 0. The van der Waals surface area contributed by atoms with Gasteiger partial charge in [-0.25, -0.2) is 0 Å². The third-order valence-corrected chi connectivity index (χ3v) is 8.09. The highest BCUT2D eigenvalue weighted by molar-refractivity contribution is 8.78. The Morgan fingerprint density at radius 2 is 1.93 bits per heavy atom. The van der Waals surface area contributed by atoms with Gasteiger partial charge in [-0.3, -0.25) is 4.57 Å². The first-order valence-electron chi connectivity index (χ1n) is 4.34. The lowest BCUT2D eigenvalue weighted by Gasteiger charge is -2.19. The molecule has 6 heteroatoms. The molecule has 1 aliphatic heterocycles. The molecular formula is C9H11O3PS2. The van der Waals surface area contributed by atoms with Gasteiger partial charge in [-0.15, -0.1) is 0 Å². The number of hydrogen-bond donors (Lipinski definition) is 0. The molecule has 0 bridgehead atoms. The molecule has 2 rings (SSSR count). The highest BCUT2D eigenvalue weighted by Crippen LogP contribution is 2.72. The number of rotatable bonds is 3. The SMILES string of the molecule is COP(=O)(OC)C1SSc2ccccc21. The molecule has 1 atom stereocenters. The average Bonchev–Trinajstić information content (AvgIpc) is 2.72. The van der Waals surface area contributed by atoms with E-state index in [-0.39, 0.29) is 4.99 Å². The van der Waals surface area contributed by atoms with Gasteiger partial charge in [0.2, 0.25) is 0 Å². The summed E-state index contributed by atoms with van der Waals surface area (Å²) < 4.78 is 22.3. The molecule has 0 saturated heterocycles. The van der Waals surface area contributed by atoms with Crippen LogP contribution in [0.2, 0.25) is 0 Å². The Labute approximate surface area is 96.9 Å². The molecule has 1 heterocycles. The van der Waals surface area contributed by atoms with Crippen LogP contribution in [-0.4, -0.2) is 14.2 Å². The van der Waals surface area contributed by atoms with Crippen molar-refractivity contribution < 1.29 is 13.6 Å². The van der Waals surface area contributed by atoms with Crippen LogP contribution in [0.25, 0.3) is 0 Å². The molecule has 1 aliphatic rings. The number of hydrogen-bond acceptors (Lipinski definition) is 5. The maximum atomic E-state index is 12.2. The second-order valence-corrected chi connectivity index (χ2v) is 8.00. The van der Waals surface area contributed by atoms with Crippen LogP contribution < -0.4 is 0 Å². The summed E-state index contributed by atoms with van der Waals surface area (Å²) in [6.07, 6.45) is 0. The van der Waals surface area contributed by atoms with Crippen LogP contribution in [0.3, 0.4) is 0 Å². The van der Waals surface area contributed by atoms with Crippen LogP contribution in [0.5, 0.6) is 0 Å². The summed E-state index contributed by atoms with van der Waals surface area (Å²) in [5.41, 5.74) is 1.04. The molecule has 1 unspecified atom stereocenters. The van der Waals surface area contributed by atoms with E-state index in [1.807, 2.05) is 24.3 Å². The van der Waals surface area contributed by atoms with E-state index in [0.717, 1.165) is 10.5 Å². The molecule has 1 aromatic rings. The van der Waals surface area contributed by atoms with Gasteiger partial charge in [0.05, 0.1) is 0 Å². The first-order chi connectivity index (χ1) is 7.21. The topological polar surface area (TPSA) is 35.5 Å². The number of fused-ring (bicyclic) bond motifs is 1. The van der Waals surface area contributed by atoms with Crippen molar-refractivity contribution in [2.24, 2.45) is 0 Å². The molecule has 0 fully saturated rings. The highest BCUT2D eigenvalue weighted by atomic mass is 33.1. The van der Waals surface area contributed by atoms with Crippen LogP contribution in [0.15, 0.2) is 29.2 Å². The zero-order valence-corrected chi connectivity index (χ0v) is 10.9. The standard InChI is InChI=1S/C9H11O3PS2/c1-11-13(10,12-2)9-7-5-3-4-6-8(7)14-15-9/h3-6,9H,1-2H3. The predicted molar refractivity (Wildman–Crippen MR) is 64.3 cm³/mol. The Bertz CT molecular complexity index is 402.